The number of nitrogens with one attached hydrogen (secondary N) is 2. The maximum absolute atomic E-state index is 8.90. The number of aliphatic hydroxyl groups is 2. The minimum absolute atomic E-state index is 0.144. The number of hydrogen-bond donors (Lipinski definition) is 4. The molecule has 0 radical (unpaired) electrons. The van der Waals surface area contributed by atoms with Gasteiger partial charge in [-0.3, -0.25) is 0 Å². The van der Waals surface area contributed by atoms with E-state index in [-0.39, 0.29) is 13.2 Å². The molecule has 0 aliphatic heterocycles. The van der Waals surface area contributed by atoms with Crippen molar-refractivity contribution in [2.24, 2.45) is 0 Å². The third kappa shape index (κ3) is 3.34. The van der Waals surface area contributed by atoms with E-state index in [0.717, 1.165) is 0 Å². The van der Waals surface area contributed by atoms with E-state index in [1.165, 1.54) is 0 Å². The number of anilines is 2. The van der Waals surface area contributed by atoms with Crippen molar-refractivity contribution >= 4 is 11.6 Å². The van der Waals surface area contributed by atoms with Gasteiger partial charge in [-0.1, -0.05) is 0 Å². The van der Waals surface area contributed by atoms with Crippen LogP contribution in [0.1, 0.15) is 5.82 Å². The topological polar surface area (TPSA) is 90.3 Å². The second kappa shape index (κ2) is 5.47. The van der Waals surface area contributed by atoms with E-state index in [0.29, 0.717) is 17.5 Å². The van der Waals surface area contributed by atoms with E-state index >= 15 is 0 Å². The standard InChI is InChI=1S/C9H16N4O2/c1-6-11-8(10-2)3-9(12-6)13-7(4-14)5-15/h3,7,14-15H,4-5H2,1-2H3,(H2,10,11,12,13). The summed E-state index contributed by atoms with van der Waals surface area (Å²) in [6.07, 6.45) is 0. The Labute approximate surface area is 88.4 Å². The number of nitrogens with zero attached hydrogens (tertiary/aromatic N) is 2. The molecule has 0 spiro atoms. The third-order valence-corrected chi connectivity index (χ3v) is 1.89. The summed E-state index contributed by atoms with van der Waals surface area (Å²) >= 11 is 0. The van der Waals surface area contributed by atoms with Crippen LogP contribution < -0.4 is 10.6 Å². The summed E-state index contributed by atoms with van der Waals surface area (Å²) < 4.78 is 0. The number of rotatable bonds is 5. The molecule has 4 N–H and O–H groups in total. The summed E-state index contributed by atoms with van der Waals surface area (Å²) in [6, 6.07) is 1.31. The number of aliphatic hydroxyl groups excluding tert-OH is 2. The Morgan fingerprint density at radius 1 is 1.27 bits per heavy atom. The minimum atomic E-state index is -0.399. The largest absolute Gasteiger partial charge is 0.394 e. The number of aryl methyl sites for hydroxylation is 1. The first-order chi connectivity index (χ1) is 7.19. The van der Waals surface area contributed by atoms with E-state index in [2.05, 4.69) is 20.6 Å². The smallest absolute Gasteiger partial charge is 0.132 e. The van der Waals surface area contributed by atoms with Gasteiger partial charge >= 0.3 is 0 Å². The van der Waals surface area contributed by atoms with Crippen molar-refractivity contribution in [2.75, 3.05) is 30.9 Å². The summed E-state index contributed by atoms with van der Waals surface area (Å²) in [7, 11) is 1.77. The highest BCUT2D eigenvalue weighted by Gasteiger charge is 2.07. The van der Waals surface area contributed by atoms with Crippen LogP contribution in [-0.4, -0.2) is 46.5 Å². The molecular weight excluding hydrogens is 196 g/mol. The first-order valence-corrected chi connectivity index (χ1v) is 4.71. The molecule has 0 amide bonds. The average Bonchev–Trinajstić information content (AvgIpc) is 2.25. The lowest BCUT2D eigenvalue weighted by molar-refractivity contribution is 0.203. The molecule has 1 rings (SSSR count). The van der Waals surface area contributed by atoms with E-state index < -0.39 is 6.04 Å². The zero-order valence-corrected chi connectivity index (χ0v) is 8.86. The molecule has 15 heavy (non-hydrogen) atoms. The van der Waals surface area contributed by atoms with Crippen LogP contribution in [0.2, 0.25) is 0 Å². The van der Waals surface area contributed by atoms with Gasteiger partial charge in [0.05, 0.1) is 19.3 Å². The minimum Gasteiger partial charge on any atom is -0.394 e. The predicted molar refractivity (Wildman–Crippen MR) is 57.9 cm³/mol. The van der Waals surface area contributed by atoms with E-state index in [9.17, 15) is 0 Å². The lowest BCUT2D eigenvalue weighted by atomic mass is 10.3. The molecule has 1 aromatic heterocycles. The van der Waals surface area contributed by atoms with Crippen LogP contribution in [0.4, 0.5) is 11.6 Å². The summed E-state index contributed by atoms with van der Waals surface area (Å²) in [6.45, 7) is 1.49. The van der Waals surface area contributed by atoms with Crippen molar-refractivity contribution in [1.82, 2.24) is 9.97 Å². The Bertz CT molecular complexity index is 315. The van der Waals surface area contributed by atoms with Crippen molar-refractivity contribution in [1.29, 1.82) is 0 Å². The van der Waals surface area contributed by atoms with Gasteiger partial charge < -0.3 is 20.8 Å². The average molecular weight is 212 g/mol. The van der Waals surface area contributed by atoms with Crippen molar-refractivity contribution < 1.29 is 10.2 Å². The molecule has 0 atom stereocenters. The lowest BCUT2D eigenvalue weighted by Gasteiger charge is -2.14. The summed E-state index contributed by atoms with van der Waals surface area (Å²) in [5.41, 5.74) is 0. The molecular formula is C9H16N4O2. The zero-order valence-electron chi connectivity index (χ0n) is 8.86. The molecule has 6 heteroatoms. The van der Waals surface area contributed by atoms with Crippen molar-refractivity contribution in [3.8, 4) is 0 Å². The summed E-state index contributed by atoms with van der Waals surface area (Å²) in [5.74, 6) is 1.90. The molecule has 0 unspecified atom stereocenters. The maximum Gasteiger partial charge on any atom is 0.132 e. The van der Waals surface area contributed by atoms with E-state index in [4.69, 9.17) is 10.2 Å². The zero-order chi connectivity index (χ0) is 11.3. The van der Waals surface area contributed by atoms with Crippen LogP contribution in [0.25, 0.3) is 0 Å². The molecule has 0 saturated heterocycles. The van der Waals surface area contributed by atoms with Gasteiger partial charge in [0, 0.05) is 13.1 Å². The van der Waals surface area contributed by atoms with Crippen molar-refractivity contribution in [3.05, 3.63) is 11.9 Å². The Morgan fingerprint density at radius 2 is 1.87 bits per heavy atom. The second-order valence-electron chi connectivity index (χ2n) is 3.14. The van der Waals surface area contributed by atoms with Gasteiger partial charge in [0.2, 0.25) is 0 Å². The van der Waals surface area contributed by atoms with Crippen LogP contribution in [0.5, 0.6) is 0 Å². The van der Waals surface area contributed by atoms with Crippen LogP contribution in [0.3, 0.4) is 0 Å². The van der Waals surface area contributed by atoms with Gasteiger partial charge in [0.15, 0.2) is 0 Å². The van der Waals surface area contributed by atoms with Gasteiger partial charge in [0.1, 0.15) is 17.5 Å². The quantitative estimate of drug-likeness (QED) is 0.530. The highest BCUT2D eigenvalue weighted by atomic mass is 16.3. The van der Waals surface area contributed by atoms with Crippen LogP contribution >= 0.6 is 0 Å². The molecule has 0 fully saturated rings. The third-order valence-electron chi connectivity index (χ3n) is 1.89. The molecule has 84 valence electrons. The highest BCUT2D eigenvalue weighted by molar-refractivity contribution is 5.47. The molecule has 0 aromatic carbocycles. The monoisotopic (exact) mass is 212 g/mol. The van der Waals surface area contributed by atoms with Crippen LogP contribution in [-0.2, 0) is 0 Å². The van der Waals surface area contributed by atoms with Gasteiger partial charge in [-0.05, 0) is 6.92 Å². The van der Waals surface area contributed by atoms with E-state index in [1.54, 1.807) is 20.0 Å². The highest BCUT2D eigenvalue weighted by Crippen LogP contribution is 2.11. The Balaban J connectivity index is 2.79. The fourth-order valence-electron chi connectivity index (χ4n) is 1.13. The van der Waals surface area contributed by atoms with Gasteiger partial charge in [-0.25, -0.2) is 9.97 Å². The van der Waals surface area contributed by atoms with Crippen molar-refractivity contribution in [3.63, 3.8) is 0 Å². The lowest BCUT2D eigenvalue weighted by Crippen LogP contribution is -2.28. The molecule has 0 aliphatic rings. The van der Waals surface area contributed by atoms with Crippen LogP contribution in [0.15, 0.2) is 6.07 Å². The summed E-state index contributed by atoms with van der Waals surface area (Å²) in [4.78, 5) is 8.26. The maximum atomic E-state index is 8.90. The van der Waals surface area contributed by atoms with E-state index in [1.807, 2.05) is 0 Å². The first-order valence-electron chi connectivity index (χ1n) is 4.71. The fourth-order valence-corrected chi connectivity index (χ4v) is 1.13. The van der Waals surface area contributed by atoms with Gasteiger partial charge in [-0.2, -0.15) is 0 Å². The SMILES string of the molecule is CNc1cc(NC(CO)CO)nc(C)n1. The second-order valence-corrected chi connectivity index (χ2v) is 3.14. The molecule has 1 aromatic rings. The first kappa shape index (κ1) is 11.7. The van der Waals surface area contributed by atoms with Gasteiger partial charge in [0.25, 0.3) is 0 Å². The predicted octanol–water partition coefficient (Wildman–Crippen LogP) is -0.408. The summed E-state index contributed by atoms with van der Waals surface area (Å²) in [5, 5.41) is 23.6. The Kier molecular flexibility index (Phi) is 4.26. The molecule has 0 aliphatic carbocycles. The van der Waals surface area contributed by atoms with Crippen LogP contribution in [0, 0.1) is 6.92 Å². The normalized spacial score (nSPS) is 10.5. The fraction of sp³-hybridized carbons (Fsp3) is 0.556. The Hall–Kier alpha value is -1.40. The van der Waals surface area contributed by atoms with Crippen molar-refractivity contribution in [2.45, 2.75) is 13.0 Å². The molecule has 6 nitrogen and oxygen atoms in total. The molecule has 0 saturated carbocycles. The Morgan fingerprint density at radius 3 is 2.40 bits per heavy atom. The number of hydrogen-bond acceptors (Lipinski definition) is 6. The van der Waals surface area contributed by atoms with Gasteiger partial charge in [-0.15, -0.1) is 0 Å². The molecule has 1 heterocycles. The number of aromatic nitrogens is 2. The molecule has 0 bridgehead atoms.